The Hall–Kier alpha value is -1.11. The molecule has 0 radical (unpaired) electrons. The van der Waals surface area contributed by atoms with Gasteiger partial charge in [0, 0.05) is 11.6 Å². The smallest absolute Gasteiger partial charge is 0.253 e. The molecule has 2 heterocycles. The van der Waals surface area contributed by atoms with Gasteiger partial charge in [-0.2, -0.15) is 0 Å². The van der Waals surface area contributed by atoms with E-state index >= 15 is 0 Å². The summed E-state index contributed by atoms with van der Waals surface area (Å²) >= 11 is 11.5. The third-order valence-corrected chi connectivity index (χ3v) is 4.22. The fourth-order valence-corrected chi connectivity index (χ4v) is 3.08. The number of nitrogens with zero attached hydrogens (tertiary/aromatic N) is 1. The van der Waals surface area contributed by atoms with Crippen LogP contribution in [0.5, 0.6) is 0 Å². The van der Waals surface area contributed by atoms with Gasteiger partial charge in [0.2, 0.25) is 0 Å². The van der Waals surface area contributed by atoms with Crippen molar-refractivity contribution in [3.63, 3.8) is 0 Å². The highest BCUT2D eigenvalue weighted by Crippen LogP contribution is 2.18. The van der Waals surface area contributed by atoms with Gasteiger partial charge in [-0.25, -0.2) is 13.4 Å². The molecule has 0 saturated heterocycles. The zero-order chi connectivity index (χ0) is 13.3. The van der Waals surface area contributed by atoms with Crippen molar-refractivity contribution in [2.24, 2.45) is 0 Å². The number of sulfone groups is 1. The number of nitrogens with one attached hydrogen (secondary N) is 1. The van der Waals surface area contributed by atoms with Crippen molar-refractivity contribution in [2.45, 2.75) is 6.04 Å². The summed E-state index contributed by atoms with van der Waals surface area (Å²) < 4.78 is 22.4. The first kappa shape index (κ1) is 13.3. The molecule has 0 bridgehead atoms. The van der Waals surface area contributed by atoms with Crippen molar-refractivity contribution >= 4 is 38.9 Å². The summed E-state index contributed by atoms with van der Waals surface area (Å²) in [5.41, 5.74) is 0.161. The van der Waals surface area contributed by atoms with Gasteiger partial charge in [0.25, 0.3) is 5.91 Å². The standard InChI is InChI=1S/C10H8Cl2N2O3S/c11-8-4-13-9(12)3-7(8)10(15)14-6-1-2-18(16,17)5-6/h1-4,6H,5H2,(H,14,15). The Labute approximate surface area is 114 Å². The number of amides is 1. The van der Waals surface area contributed by atoms with Crippen LogP contribution in [-0.4, -0.2) is 31.1 Å². The minimum Gasteiger partial charge on any atom is -0.345 e. The summed E-state index contributed by atoms with van der Waals surface area (Å²) in [6.45, 7) is 0. The van der Waals surface area contributed by atoms with E-state index in [1.54, 1.807) is 0 Å². The van der Waals surface area contributed by atoms with E-state index < -0.39 is 21.8 Å². The number of hydrogen-bond donors (Lipinski definition) is 1. The zero-order valence-corrected chi connectivity index (χ0v) is 11.3. The van der Waals surface area contributed by atoms with Gasteiger partial charge < -0.3 is 5.32 Å². The Kier molecular flexibility index (Phi) is 3.61. The van der Waals surface area contributed by atoms with Crippen molar-refractivity contribution in [2.75, 3.05) is 5.75 Å². The Bertz CT molecular complexity index is 628. The van der Waals surface area contributed by atoms with Gasteiger partial charge in [0.15, 0.2) is 9.84 Å². The highest BCUT2D eigenvalue weighted by atomic mass is 35.5. The van der Waals surface area contributed by atoms with Gasteiger partial charge in [-0.1, -0.05) is 23.2 Å². The highest BCUT2D eigenvalue weighted by molar-refractivity contribution is 7.94. The molecule has 8 heteroatoms. The van der Waals surface area contributed by atoms with Crippen LogP contribution in [0.25, 0.3) is 0 Å². The predicted octanol–water partition coefficient (Wildman–Crippen LogP) is 1.43. The van der Waals surface area contributed by atoms with Gasteiger partial charge in [-0.3, -0.25) is 4.79 Å². The van der Waals surface area contributed by atoms with E-state index in [9.17, 15) is 13.2 Å². The molecule has 2 rings (SSSR count). The van der Waals surface area contributed by atoms with Gasteiger partial charge in [-0.15, -0.1) is 0 Å². The fourth-order valence-electron chi connectivity index (χ4n) is 1.50. The van der Waals surface area contributed by atoms with E-state index in [4.69, 9.17) is 23.2 Å². The first-order valence-corrected chi connectivity index (χ1v) is 7.37. The summed E-state index contributed by atoms with van der Waals surface area (Å²) in [4.78, 5) is 15.6. The van der Waals surface area contributed by atoms with Crippen LogP contribution in [0.15, 0.2) is 23.7 Å². The summed E-state index contributed by atoms with van der Waals surface area (Å²) in [7, 11) is -3.21. The maximum Gasteiger partial charge on any atom is 0.253 e. The maximum atomic E-state index is 11.9. The minimum atomic E-state index is -3.21. The highest BCUT2D eigenvalue weighted by Gasteiger charge is 2.24. The van der Waals surface area contributed by atoms with E-state index in [0.29, 0.717) is 0 Å². The van der Waals surface area contributed by atoms with E-state index in [2.05, 4.69) is 10.3 Å². The molecule has 96 valence electrons. The van der Waals surface area contributed by atoms with Gasteiger partial charge in [0.05, 0.1) is 22.4 Å². The predicted molar refractivity (Wildman–Crippen MR) is 68.4 cm³/mol. The zero-order valence-electron chi connectivity index (χ0n) is 8.93. The van der Waals surface area contributed by atoms with Crippen LogP contribution in [0.2, 0.25) is 10.2 Å². The molecule has 1 atom stereocenters. The lowest BCUT2D eigenvalue weighted by molar-refractivity contribution is 0.0947. The van der Waals surface area contributed by atoms with Gasteiger partial charge in [-0.05, 0) is 12.1 Å². The molecular weight excluding hydrogens is 299 g/mol. The molecule has 1 aliphatic rings. The van der Waals surface area contributed by atoms with Crippen LogP contribution in [0, 0.1) is 0 Å². The normalized spacial score (nSPS) is 20.9. The Morgan fingerprint density at radius 3 is 2.78 bits per heavy atom. The number of hydrogen-bond acceptors (Lipinski definition) is 4. The number of pyridine rings is 1. The topological polar surface area (TPSA) is 76.1 Å². The second-order valence-corrected chi connectivity index (χ2v) is 6.45. The fraction of sp³-hybridized carbons (Fsp3) is 0.200. The largest absolute Gasteiger partial charge is 0.345 e. The molecular formula is C10H8Cl2N2O3S. The molecule has 1 unspecified atom stereocenters. The van der Waals surface area contributed by atoms with E-state index in [1.807, 2.05) is 0 Å². The average molecular weight is 307 g/mol. The van der Waals surface area contributed by atoms with Crippen LogP contribution in [0.1, 0.15) is 10.4 Å². The Morgan fingerprint density at radius 2 is 2.17 bits per heavy atom. The third-order valence-electron chi connectivity index (χ3n) is 2.31. The SMILES string of the molecule is O=C(NC1C=CS(=O)(=O)C1)c1cc(Cl)ncc1Cl. The molecule has 1 aromatic rings. The molecule has 1 aromatic heterocycles. The number of halogens is 2. The number of rotatable bonds is 2. The summed E-state index contributed by atoms with van der Waals surface area (Å²) in [5, 5.41) is 3.92. The molecule has 1 aliphatic heterocycles. The van der Waals surface area contributed by atoms with Gasteiger partial charge in [0.1, 0.15) is 5.15 Å². The molecule has 0 aromatic carbocycles. The Morgan fingerprint density at radius 1 is 1.44 bits per heavy atom. The Balaban J connectivity index is 2.14. The quantitative estimate of drug-likeness (QED) is 0.839. The molecule has 5 nitrogen and oxygen atoms in total. The monoisotopic (exact) mass is 306 g/mol. The first-order chi connectivity index (χ1) is 8.37. The van der Waals surface area contributed by atoms with Crippen molar-refractivity contribution in [3.05, 3.63) is 39.5 Å². The summed E-state index contributed by atoms with van der Waals surface area (Å²) in [5.74, 6) is -0.633. The van der Waals surface area contributed by atoms with Crippen LogP contribution in [0.4, 0.5) is 0 Å². The number of carbonyl (C=O) groups excluding carboxylic acids is 1. The number of carbonyl (C=O) groups is 1. The third kappa shape index (κ3) is 3.01. The minimum absolute atomic E-state index is 0.138. The molecule has 1 amide bonds. The molecule has 0 saturated carbocycles. The lowest BCUT2D eigenvalue weighted by atomic mass is 10.2. The second kappa shape index (κ2) is 4.87. The average Bonchev–Trinajstić information content (AvgIpc) is 2.61. The van der Waals surface area contributed by atoms with Crippen molar-refractivity contribution in [1.29, 1.82) is 0 Å². The second-order valence-electron chi connectivity index (χ2n) is 3.72. The molecule has 0 fully saturated rings. The van der Waals surface area contributed by atoms with Crippen molar-refractivity contribution < 1.29 is 13.2 Å². The van der Waals surface area contributed by atoms with Crippen LogP contribution < -0.4 is 5.32 Å². The maximum absolute atomic E-state index is 11.9. The first-order valence-electron chi connectivity index (χ1n) is 4.90. The molecule has 1 N–H and O–H groups in total. The van der Waals surface area contributed by atoms with E-state index in [1.165, 1.54) is 18.3 Å². The van der Waals surface area contributed by atoms with Gasteiger partial charge >= 0.3 is 0 Å². The van der Waals surface area contributed by atoms with Crippen molar-refractivity contribution in [1.82, 2.24) is 10.3 Å². The van der Waals surface area contributed by atoms with Crippen molar-refractivity contribution in [3.8, 4) is 0 Å². The van der Waals surface area contributed by atoms with Crippen LogP contribution in [-0.2, 0) is 9.84 Å². The molecule has 18 heavy (non-hydrogen) atoms. The summed E-state index contributed by atoms with van der Waals surface area (Å²) in [6.07, 6.45) is 2.68. The molecule has 0 spiro atoms. The lowest BCUT2D eigenvalue weighted by Crippen LogP contribution is -2.35. The lowest BCUT2D eigenvalue weighted by Gasteiger charge is -2.10. The van der Waals surface area contributed by atoms with E-state index in [-0.39, 0.29) is 21.5 Å². The summed E-state index contributed by atoms with van der Waals surface area (Å²) in [6, 6.07) is 0.775. The number of aromatic nitrogens is 1. The van der Waals surface area contributed by atoms with Crippen LogP contribution in [0.3, 0.4) is 0 Å². The molecule has 0 aliphatic carbocycles. The van der Waals surface area contributed by atoms with Crippen LogP contribution >= 0.6 is 23.2 Å². The van der Waals surface area contributed by atoms with E-state index in [0.717, 1.165) is 5.41 Å².